The second kappa shape index (κ2) is 6.19. The highest BCUT2D eigenvalue weighted by Crippen LogP contribution is 2.39. The minimum Gasteiger partial charge on any atom is -0.0795 e. The monoisotopic (exact) mass is 340 g/mol. The highest BCUT2D eigenvalue weighted by Gasteiger charge is 2.17. The molecule has 0 aromatic heterocycles. The molecule has 0 spiro atoms. The Bertz CT molecular complexity index is 678. The van der Waals surface area contributed by atoms with Gasteiger partial charge in [0.1, 0.15) is 0 Å². The third-order valence-corrected chi connectivity index (χ3v) is 4.93. The van der Waals surface area contributed by atoms with Gasteiger partial charge in [-0.15, -0.1) is 0 Å². The predicted molar refractivity (Wildman–Crippen MR) is 95.7 cm³/mol. The maximum atomic E-state index is 3.77. The van der Waals surface area contributed by atoms with Crippen LogP contribution in [0, 0.1) is 6.92 Å². The third-order valence-electron chi connectivity index (χ3n) is 4.30. The van der Waals surface area contributed by atoms with Crippen molar-refractivity contribution in [2.75, 3.05) is 0 Å². The number of benzene rings is 2. The largest absolute Gasteiger partial charge is 0.0795 e. The van der Waals surface area contributed by atoms with Crippen LogP contribution < -0.4 is 0 Å². The van der Waals surface area contributed by atoms with Gasteiger partial charge in [-0.25, -0.2) is 0 Å². The van der Waals surface area contributed by atoms with E-state index in [1.54, 1.807) is 0 Å². The van der Waals surface area contributed by atoms with E-state index < -0.39 is 0 Å². The molecule has 0 radical (unpaired) electrons. The van der Waals surface area contributed by atoms with Gasteiger partial charge in [0.2, 0.25) is 0 Å². The van der Waals surface area contributed by atoms with Crippen LogP contribution in [-0.2, 0) is 12.8 Å². The first kappa shape index (κ1) is 14.6. The summed E-state index contributed by atoms with van der Waals surface area (Å²) < 4.78 is 1.21. The van der Waals surface area contributed by atoms with E-state index in [0.717, 1.165) is 6.42 Å². The molecule has 0 saturated carbocycles. The summed E-state index contributed by atoms with van der Waals surface area (Å²) in [6, 6.07) is 11.4. The molecule has 3 rings (SSSR count). The summed E-state index contributed by atoms with van der Waals surface area (Å²) in [5, 5.41) is 0. The summed E-state index contributed by atoms with van der Waals surface area (Å²) in [5.74, 6) is 0. The van der Waals surface area contributed by atoms with E-state index in [0.29, 0.717) is 0 Å². The number of fused-ring (bicyclic) bond motifs is 1. The Hall–Kier alpha value is -1.34. The average Bonchev–Trinajstić information content (AvgIpc) is 2.96. The zero-order valence-corrected chi connectivity index (χ0v) is 14.3. The molecule has 1 heteroatoms. The molecule has 2 aromatic carbocycles. The van der Waals surface area contributed by atoms with Crippen LogP contribution in [0.1, 0.15) is 42.0 Å². The van der Waals surface area contributed by atoms with Crippen molar-refractivity contribution in [1.82, 2.24) is 0 Å². The van der Waals surface area contributed by atoms with Gasteiger partial charge >= 0.3 is 0 Å². The molecule has 108 valence electrons. The minimum atomic E-state index is 1.04. The zero-order chi connectivity index (χ0) is 14.8. The molecule has 0 atom stereocenters. The molecule has 0 aliphatic heterocycles. The van der Waals surface area contributed by atoms with E-state index in [1.165, 1.54) is 57.1 Å². The van der Waals surface area contributed by atoms with Crippen LogP contribution in [0.2, 0.25) is 0 Å². The molecule has 21 heavy (non-hydrogen) atoms. The lowest BCUT2D eigenvalue weighted by Crippen LogP contribution is -1.94. The maximum Gasteiger partial charge on any atom is 0.0259 e. The summed E-state index contributed by atoms with van der Waals surface area (Å²) in [6.07, 6.45) is 9.28. The lowest BCUT2D eigenvalue weighted by molar-refractivity contribution is 0.795. The van der Waals surface area contributed by atoms with Crippen molar-refractivity contribution < 1.29 is 0 Å². The fraction of sp³-hybridized carbons (Fsp3) is 0.300. The van der Waals surface area contributed by atoms with Crippen LogP contribution >= 0.6 is 15.9 Å². The Balaban J connectivity index is 2.00. The Morgan fingerprint density at radius 2 is 1.90 bits per heavy atom. The van der Waals surface area contributed by atoms with Crippen molar-refractivity contribution in [2.45, 2.75) is 39.5 Å². The second-order valence-corrected chi connectivity index (χ2v) is 6.70. The SMILES string of the molecule is CCCCc1ccc(-c2c(Br)cc(C)c3c2CC=C3)cc1. The van der Waals surface area contributed by atoms with Crippen LogP contribution in [-0.4, -0.2) is 0 Å². The lowest BCUT2D eigenvalue weighted by Gasteiger charge is -2.14. The number of rotatable bonds is 4. The lowest BCUT2D eigenvalue weighted by atomic mass is 9.93. The fourth-order valence-corrected chi connectivity index (χ4v) is 3.94. The van der Waals surface area contributed by atoms with Crippen LogP contribution in [0.25, 0.3) is 17.2 Å². The molecule has 2 aromatic rings. The van der Waals surface area contributed by atoms with Crippen molar-refractivity contribution in [2.24, 2.45) is 0 Å². The van der Waals surface area contributed by atoms with E-state index in [-0.39, 0.29) is 0 Å². The zero-order valence-electron chi connectivity index (χ0n) is 12.7. The van der Waals surface area contributed by atoms with Crippen LogP contribution in [0.4, 0.5) is 0 Å². The summed E-state index contributed by atoms with van der Waals surface area (Å²) in [6.45, 7) is 4.44. The molecule has 1 aliphatic rings. The van der Waals surface area contributed by atoms with Crippen molar-refractivity contribution in [3.63, 3.8) is 0 Å². The Labute approximate surface area is 136 Å². The van der Waals surface area contributed by atoms with Crippen LogP contribution in [0.3, 0.4) is 0 Å². The van der Waals surface area contributed by atoms with Gasteiger partial charge < -0.3 is 0 Å². The number of halogens is 1. The van der Waals surface area contributed by atoms with Gasteiger partial charge in [-0.05, 0) is 65.6 Å². The highest BCUT2D eigenvalue weighted by atomic mass is 79.9. The van der Waals surface area contributed by atoms with Crippen LogP contribution in [0.15, 0.2) is 40.9 Å². The standard InChI is InChI=1S/C20H21Br/c1-3-4-6-15-9-11-16(12-10-15)20-18-8-5-7-17(18)14(2)13-19(20)21/h5,7,9-13H,3-4,6,8H2,1-2H3. The summed E-state index contributed by atoms with van der Waals surface area (Å²) in [5.41, 5.74) is 8.35. The molecular weight excluding hydrogens is 320 g/mol. The highest BCUT2D eigenvalue weighted by molar-refractivity contribution is 9.10. The van der Waals surface area contributed by atoms with Crippen molar-refractivity contribution >= 4 is 22.0 Å². The van der Waals surface area contributed by atoms with E-state index in [2.05, 4.69) is 72.3 Å². The normalized spacial score (nSPS) is 12.7. The first-order chi connectivity index (χ1) is 10.2. The Morgan fingerprint density at radius 1 is 1.14 bits per heavy atom. The van der Waals surface area contributed by atoms with Crippen LogP contribution in [0.5, 0.6) is 0 Å². The minimum absolute atomic E-state index is 1.04. The van der Waals surface area contributed by atoms with E-state index in [4.69, 9.17) is 0 Å². The molecule has 0 N–H and O–H groups in total. The van der Waals surface area contributed by atoms with Gasteiger partial charge in [-0.2, -0.15) is 0 Å². The number of allylic oxidation sites excluding steroid dienone is 1. The topological polar surface area (TPSA) is 0 Å². The molecule has 0 fully saturated rings. The average molecular weight is 341 g/mol. The maximum absolute atomic E-state index is 3.77. The van der Waals surface area contributed by atoms with Crippen molar-refractivity contribution in [3.05, 3.63) is 63.1 Å². The van der Waals surface area contributed by atoms with Gasteiger partial charge in [0.15, 0.2) is 0 Å². The van der Waals surface area contributed by atoms with E-state index >= 15 is 0 Å². The van der Waals surface area contributed by atoms with Crippen molar-refractivity contribution in [3.8, 4) is 11.1 Å². The van der Waals surface area contributed by atoms with Gasteiger partial charge in [0.05, 0.1) is 0 Å². The third kappa shape index (κ3) is 2.85. The first-order valence-electron chi connectivity index (χ1n) is 7.78. The molecule has 1 aliphatic carbocycles. The van der Waals surface area contributed by atoms with E-state index in [1.807, 2.05) is 0 Å². The van der Waals surface area contributed by atoms with Crippen molar-refractivity contribution in [1.29, 1.82) is 0 Å². The smallest absolute Gasteiger partial charge is 0.0259 e. The molecule has 0 nitrogen and oxygen atoms in total. The summed E-state index contributed by atoms with van der Waals surface area (Å²) in [7, 11) is 0. The number of hydrogen-bond acceptors (Lipinski definition) is 0. The quantitative estimate of drug-likeness (QED) is 0.609. The molecule has 0 bridgehead atoms. The molecular formula is C20H21Br. The number of unbranched alkanes of at least 4 members (excludes halogenated alkanes) is 1. The molecule has 0 saturated heterocycles. The number of hydrogen-bond donors (Lipinski definition) is 0. The van der Waals surface area contributed by atoms with Gasteiger partial charge in [-0.3, -0.25) is 0 Å². The second-order valence-electron chi connectivity index (χ2n) is 5.85. The Morgan fingerprint density at radius 3 is 2.62 bits per heavy atom. The summed E-state index contributed by atoms with van der Waals surface area (Å²) in [4.78, 5) is 0. The predicted octanol–water partition coefficient (Wildman–Crippen LogP) is 6.34. The fourth-order valence-electron chi connectivity index (χ4n) is 3.13. The Kier molecular flexibility index (Phi) is 4.30. The van der Waals surface area contributed by atoms with E-state index in [9.17, 15) is 0 Å². The van der Waals surface area contributed by atoms with Gasteiger partial charge in [-0.1, -0.05) is 65.7 Å². The molecule has 0 unspecified atom stereocenters. The van der Waals surface area contributed by atoms with Gasteiger partial charge in [0.25, 0.3) is 0 Å². The summed E-state index contributed by atoms with van der Waals surface area (Å²) >= 11 is 3.77. The molecule has 0 heterocycles. The van der Waals surface area contributed by atoms with Gasteiger partial charge in [0, 0.05) is 4.47 Å². The number of aryl methyl sites for hydroxylation is 2. The molecule has 0 amide bonds. The first-order valence-corrected chi connectivity index (χ1v) is 8.58.